The number of methoxy groups -OCH3 is 1. The largest absolute Gasteiger partial charge is 0.504 e. The Morgan fingerprint density at radius 3 is 2.52 bits per heavy atom. The van der Waals surface area contributed by atoms with Gasteiger partial charge in [-0.1, -0.05) is 23.8 Å². The molecule has 1 N–H and O–H groups in total. The number of phenolic OH excluding ortho intramolecular Hbond substituents is 1. The Balaban J connectivity index is 1.47. The number of benzene rings is 2. The molecule has 1 aliphatic heterocycles. The van der Waals surface area contributed by atoms with E-state index in [1.807, 2.05) is 6.08 Å². The second-order valence-electron chi connectivity index (χ2n) is 10.4. The fraction of sp³-hybridized carbons (Fsp3) is 0.267. The van der Waals surface area contributed by atoms with E-state index in [1.54, 1.807) is 19.1 Å². The van der Waals surface area contributed by atoms with Crippen LogP contribution in [0, 0.1) is 27.9 Å². The highest BCUT2D eigenvalue weighted by Crippen LogP contribution is 2.56. The lowest BCUT2D eigenvalue weighted by atomic mass is 9.59. The maximum atomic E-state index is 13.9. The Bertz CT molecular complexity index is 1650. The van der Waals surface area contributed by atoms with Crippen LogP contribution in [0.2, 0.25) is 0 Å². The van der Waals surface area contributed by atoms with Crippen LogP contribution in [0.25, 0.3) is 0 Å². The summed E-state index contributed by atoms with van der Waals surface area (Å²) in [4.78, 5) is 65.9. The minimum Gasteiger partial charge on any atom is -0.504 e. The van der Waals surface area contributed by atoms with E-state index in [0.29, 0.717) is 22.3 Å². The quantitative estimate of drug-likeness (QED) is 0.202. The molecule has 2 aromatic rings. The standard InChI is InChI=1S/C30H24N2O8/c1-14-10-22(33)21-13-20-18(25(27(21)28(14)35)15-6-9-24(40-2)23(34)11-15)7-8-19-26(20)30(37)31(29(19)36)16-4-3-5-17(12-16)32(38)39/h3-7,9-12,19-20,25-26,34H,8,13H2,1-2H3. The molecule has 1 fully saturated rings. The van der Waals surface area contributed by atoms with Crippen molar-refractivity contribution in [3.63, 3.8) is 0 Å². The zero-order chi connectivity index (χ0) is 28.5. The summed E-state index contributed by atoms with van der Waals surface area (Å²) < 4.78 is 5.18. The summed E-state index contributed by atoms with van der Waals surface area (Å²) in [6, 6.07) is 10.2. The van der Waals surface area contributed by atoms with Gasteiger partial charge in [0.25, 0.3) is 5.69 Å². The molecular formula is C30H24N2O8. The highest BCUT2D eigenvalue weighted by atomic mass is 16.6. The molecule has 202 valence electrons. The van der Waals surface area contributed by atoms with Crippen molar-refractivity contribution < 1.29 is 33.9 Å². The molecule has 10 nitrogen and oxygen atoms in total. The number of imide groups is 1. The number of hydrogen-bond donors (Lipinski definition) is 1. The number of rotatable bonds is 4. The Labute approximate surface area is 228 Å². The number of Topliss-reactive ketones (excluding diaryl/α,β-unsaturated/α-hetero) is 1. The van der Waals surface area contributed by atoms with Crippen molar-refractivity contribution in [1.82, 2.24) is 0 Å². The molecule has 2 aromatic carbocycles. The van der Waals surface area contributed by atoms with Gasteiger partial charge in [-0.05, 0) is 55.5 Å². The maximum Gasteiger partial charge on any atom is 0.271 e. The normalized spacial score (nSPS) is 25.7. The molecule has 0 saturated carbocycles. The molecule has 10 heteroatoms. The number of carbonyl (C=O) groups excluding carboxylic acids is 4. The fourth-order valence-electron chi connectivity index (χ4n) is 6.63. The third-order valence-electron chi connectivity index (χ3n) is 8.40. The van der Waals surface area contributed by atoms with Gasteiger partial charge in [0.05, 0.1) is 29.6 Å². The van der Waals surface area contributed by atoms with Crippen LogP contribution in [0.5, 0.6) is 11.5 Å². The highest BCUT2D eigenvalue weighted by Gasteiger charge is 2.56. The van der Waals surface area contributed by atoms with Crippen LogP contribution >= 0.6 is 0 Å². The summed E-state index contributed by atoms with van der Waals surface area (Å²) in [6.45, 7) is 1.58. The number of fused-ring (bicyclic) bond motifs is 3. The molecule has 0 bridgehead atoms. The van der Waals surface area contributed by atoms with Crippen molar-refractivity contribution in [2.24, 2.45) is 17.8 Å². The van der Waals surface area contributed by atoms with E-state index in [9.17, 15) is 34.4 Å². The number of nitro groups is 1. The Kier molecular flexibility index (Phi) is 5.79. The molecular weight excluding hydrogens is 516 g/mol. The number of aromatic hydroxyl groups is 1. The summed E-state index contributed by atoms with van der Waals surface area (Å²) in [5.74, 6) is -4.22. The Morgan fingerprint density at radius 2 is 1.82 bits per heavy atom. The van der Waals surface area contributed by atoms with Gasteiger partial charge in [0.15, 0.2) is 23.1 Å². The lowest BCUT2D eigenvalue weighted by Crippen LogP contribution is -2.39. The molecule has 6 rings (SSSR count). The Morgan fingerprint density at radius 1 is 1.05 bits per heavy atom. The van der Waals surface area contributed by atoms with E-state index in [-0.39, 0.29) is 47.3 Å². The van der Waals surface area contributed by atoms with Gasteiger partial charge < -0.3 is 9.84 Å². The van der Waals surface area contributed by atoms with Crippen LogP contribution in [0.1, 0.15) is 31.2 Å². The van der Waals surface area contributed by atoms with Crippen molar-refractivity contribution >= 4 is 34.8 Å². The predicted molar refractivity (Wildman–Crippen MR) is 142 cm³/mol. The first kappa shape index (κ1) is 25.4. The SMILES string of the molecule is COc1ccc(C2C3=CCC4C(=O)N(c5cccc([N+](=O)[O-])c5)C(=O)C4C3CC3=C2C(=O)C(C)=CC3=O)cc1O. The zero-order valence-corrected chi connectivity index (χ0v) is 21.6. The van der Waals surface area contributed by atoms with Gasteiger partial charge in [-0.3, -0.25) is 29.3 Å². The van der Waals surface area contributed by atoms with Crippen LogP contribution in [-0.4, -0.2) is 40.5 Å². The molecule has 2 amide bonds. The van der Waals surface area contributed by atoms with Gasteiger partial charge in [0.1, 0.15) is 0 Å². The van der Waals surface area contributed by atoms with Crippen molar-refractivity contribution in [3.05, 3.63) is 92.6 Å². The minimum atomic E-state index is -0.815. The number of non-ortho nitro benzene ring substituents is 1. The molecule has 4 unspecified atom stereocenters. The van der Waals surface area contributed by atoms with Gasteiger partial charge in [0.2, 0.25) is 11.8 Å². The van der Waals surface area contributed by atoms with E-state index in [1.165, 1.54) is 43.5 Å². The maximum absolute atomic E-state index is 13.9. The first-order chi connectivity index (χ1) is 19.1. The molecule has 0 radical (unpaired) electrons. The minimum absolute atomic E-state index is 0.108. The van der Waals surface area contributed by atoms with Gasteiger partial charge in [-0.25, -0.2) is 4.90 Å². The lowest BCUT2D eigenvalue weighted by Gasteiger charge is -2.42. The number of ether oxygens (including phenoxy) is 1. The summed E-state index contributed by atoms with van der Waals surface area (Å²) in [6.07, 6.45) is 3.51. The number of allylic oxidation sites excluding steroid dienone is 6. The van der Waals surface area contributed by atoms with Crippen molar-refractivity contribution in [1.29, 1.82) is 0 Å². The van der Waals surface area contributed by atoms with Crippen molar-refractivity contribution in [2.75, 3.05) is 12.0 Å². The number of nitro benzene ring substituents is 1. The number of ketones is 2. The van der Waals surface area contributed by atoms with Crippen molar-refractivity contribution in [3.8, 4) is 11.5 Å². The van der Waals surface area contributed by atoms with E-state index < -0.39 is 40.4 Å². The Hall–Kier alpha value is -4.86. The van der Waals surface area contributed by atoms with Crippen LogP contribution in [0.4, 0.5) is 11.4 Å². The van der Waals surface area contributed by atoms with Gasteiger partial charge in [-0.2, -0.15) is 0 Å². The summed E-state index contributed by atoms with van der Waals surface area (Å²) in [5, 5.41) is 21.9. The molecule has 40 heavy (non-hydrogen) atoms. The smallest absolute Gasteiger partial charge is 0.271 e. The number of amides is 2. The first-order valence-corrected chi connectivity index (χ1v) is 12.8. The van der Waals surface area contributed by atoms with Crippen molar-refractivity contribution in [2.45, 2.75) is 25.7 Å². The second-order valence-corrected chi connectivity index (χ2v) is 10.4. The van der Waals surface area contributed by atoms with E-state index in [4.69, 9.17) is 4.74 Å². The third kappa shape index (κ3) is 3.63. The topological polar surface area (TPSA) is 144 Å². The molecule has 3 aliphatic carbocycles. The number of nitrogens with zero attached hydrogens (tertiary/aromatic N) is 2. The molecule has 0 spiro atoms. The first-order valence-electron chi connectivity index (χ1n) is 12.8. The molecule has 4 aliphatic rings. The second kappa shape index (κ2) is 9.11. The van der Waals surface area contributed by atoms with Gasteiger partial charge >= 0.3 is 0 Å². The van der Waals surface area contributed by atoms with E-state index in [2.05, 4.69) is 0 Å². The molecule has 1 saturated heterocycles. The molecule has 1 heterocycles. The third-order valence-corrected chi connectivity index (χ3v) is 8.40. The van der Waals surface area contributed by atoms with E-state index in [0.717, 1.165) is 10.5 Å². The zero-order valence-electron chi connectivity index (χ0n) is 21.6. The summed E-state index contributed by atoms with van der Waals surface area (Å²) in [5.41, 5.74) is 2.10. The fourth-order valence-corrected chi connectivity index (χ4v) is 6.63. The van der Waals surface area contributed by atoms with Gasteiger partial charge in [0, 0.05) is 34.8 Å². The summed E-state index contributed by atoms with van der Waals surface area (Å²) >= 11 is 0. The molecule has 4 atom stereocenters. The average molecular weight is 541 g/mol. The monoisotopic (exact) mass is 540 g/mol. The van der Waals surface area contributed by atoms with Crippen LogP contribution < -0.4 is 9.64 Å². The van der Waals surface area contributed by atoms with Gasteiger partial charge in [-0.15, -0.1) is 0 Å². The number of carbonyl (C=O) groups is 4. The lowest BCUT2D eigenvalue weighted by molar-refractivity contribution is -0.384. The average Bonchev–Trinajstić information content (AvgIpc) is 3.20. The predicted octanol–water partition coefficient (Wildman–Crippen LogP) is 3.94. The van der Waals surface area contributed by atoms with E-state index >= 15 is 0 Å². The summed E-state index contributed by atoms with van der Waals surface area (Å²) in [7, 11) is 1.42. The van der Waals surface area contributed by atoms with Crippen LogP contribution in [-0.2, 0) is 19.2 Å². The highest BCUT2D eigenvalue weighted by molar-refractivity contribution is 6.25. The molecule has 0 aromatic heterocycles. The van der Waals surface area contributed by atoms with Crippen LogP contribution in [0.15, 0.2) is 76.9 Å². The van der Waals surface area contributed by atoms with Crippen LogP contribution in [0.3, 0.4) is 0 Å². The number of anilines is 1. The number of hydrogen-bond acceptors (Lipinski definition) is 8. The number of phenols is 1.